The molecule has 15 heavy (non-hydrogen) atoms. The number of amides is 1. The Morgan fingerprint density at radius 3 is 2.60 bits per heavy atom. The van der Waals surface area contributed by atoms with E-state index in [1.54, 1.807) is 6.92 Å². The number of nitrogens with one attached hydrogen (secondary N) is 2. The van der Waals surface area contributed by atoms with E-state index in [0.717, 1.165) is 12.1 Å². The Morgan fingerprint density at radius 2 is 2.07 bits per heavy atom. The maximum atomic E-state index is 13.3. The van der Waals surface area contributed by atoms with Crippen molar-refractivity contribution in [3.05, 3.63) is 35.4 Å². The second-order valence-electron chi connectivity index (χ2n) is 3.13. The van der Waals surface area contributed by atoms with Gasteiger partial charge in [-0.2, -0.15) is 0 Å². The monoisotopic (exact) mass is 214 g/mol. The number of benzene rings is 1. The second-order valence-corrected chi connectivity index (χ2v) is 3.13. The lowest BCUT2D eigenvalue weighted by Gasteiger charge is -2.12. The maximum absolute atomic E-state index is 13.3. The lowest BCUT2D eigenvalue weighted by atomic mass is 10.00. The molecule has 0 aromatic heterocycles. The summed E-state index contributed by atoms with van der Waals surface area (Å²) < 4.78 is 25.9. The van der Waals surface area contributed by atoms with Crippen molar-refractivity contribution in [2.75, 3.05) is 7.05 Å². The summed E-state index contributed by atoms with van der Waals surface area (Å²) in [6, 6.07) is 3.16. The fraction of sp³-hybridized carbons (Fsp3) is 0.300. The van der Waals surface area contributed by atoms with Crippen molar-refractivity contribution in [3.8, 4) is 0 Å². The van der Waals surface area contributed by atoms with Gasteiger partial charge in [-0.3, -0.25) is 10.2 Å². The van der Waals surface area contributed by atoms with Crippen molar-refractivity contribution in [3.63, 3.8) is 0 Å². The molecule has 0 bridgehead atoms. The molecule has 1 rings (SSSR count). The first-order valence-corrected chi connectivity index (χ1v) is 4.47. The predicted molar refractivity (Wildman–Crippen MR) is 52.0 cm³/mol. The lowest BCUT2D eigenvalue weighted by molar-refractivity contribution is -0.123. The van der Waals surface area contributed by atoms with Gasteiger partial charge in [0, 0.05) is 18.7 Å². The van der Waals surface area contributed by atoms with Crippen LogP contribution in [0.3, 0.4) is 0 Å². The highest BCUT2D eigenvalue weighted by atomic mass is 19.1. The van der Waals surface area contributed by atoms with E-state index in [1.807, 2.05) is 0 Å². The summed E-state index contributed by atoms with van der Waals surface area (Å²) in [6.07, 6.45) is 0. The number of hydrogen-bond acceptors (Lipinski definition) is 2. The number of hydrazine groups is 1. The van der Waals surface area contributed by atoms with Crippen molar-refractivity contribution in [2.45, 2.75) is 12.8 Å². The van der Waals surface area contributed by atoms with Crippen LogP contribution in [0.5, 0.6) is 0 Å². The normalized spacial score (nSPS) is 12.3. The number of hydrogen-bond donors (Lipinski definition) is 2. The van der Waals surface area contributed by atoms with Crippen LogP contribution in [0, 0.1) is 11.6 Å². The first-order chi connectivity index (χ1) is 7.06. The van der Waals surface area contributed by atoms with E-state index >= 15 is 0 Å². The molecule has 82 valence electrons. The van der Waals surface area contributed by atoms with Crippen LogP contribution >= 0.6 is 0 Å². The first kappa shape index (κ1) is 11.6. The Morgan fingerprint density at radius 1 is 1.40 bits per heavy atom. The van der Waals surface area contributed by atoms with Gasteiger partial charge in [0.05, 0.1) is 5.92 Å². The SMILES string of the molecule is CNNC(=O)C(C)c1ccc(F)cc1F. The van der Waals surface area contributed by atoms with Gasteiger partial charge in [0.2, 0.25) is 5.91 Å². The summed E-state index contributed by atoms with van der Waals surface area (Å²) in [7, 11) is 1.53. The zero-order valence-electron chi connectivity index (χ0n) is 8.47. The summed E-state index contributed by atoms with van der Waals surface area (Å²) in [6.45, 7) is 1.54. The molecule has 1 aromatic carbocycles. The molecule has 0 aliphatic rings. The molecule has 1 aromatic rings. The van der Waals surface area contributed by atoms with Crippen LogP contribution in [-0.2, 0) is 4.79 Å². The second kappa shape index (κ2) is 4.84. The van der Waals surface area contributed by atoms with Gasteiger partial charge < -0.3 is 0 Å². The Kier molecular flexibility index (Phi) is 3.74. The van der Waals surface area contributed by atoms with E-state index < -0.39 is 17.6 Å². The standard InChI is InChI=1S/C10H12F2N2O/c1-6(10(15)14-13-2)8-4-3-7(11)5-9(8)12/h3-6,13H,1-2H3,(H,14,15). The van der Waals surface area contributed by atoms with Crippen molar-refractivity contribution in [1.82, 2.24) is 10.9 Å². The molecule has 0 aliphatic carbocycles. The number of carbonyl (C=O) groups is 1. The van der Waals surface area contributed by atoms with Gasteiger partial charge in [-0.15, -0.1) is 0 Å². The molecule has 0 saturated carbocycles. The lowest BCUT2D eigenvalue weighted by Crippen LogP contribution is -2.37. The summed E-state index contributed by atoms with van der Waals surface area (Å²) >= 11 is 0. The van der Waals surface area contributed by atoms with Crippen molar-refractivity contribution in [1.29, 1.82) is 0 Å². The highest BCUT2D eigenvalue weighted by molar-refractivity contribution is 5.82. The van der Waals surface area contributed by atoms with Gasteiger partial charge in [-0.25, -0.2) is 14.2 Å². The van der Waals surface area contributed by atoms with Gasteiger partial charge in [0.1, 0.15) is 11.6 Å². The third-order valence-electron chi connectivity index (χ3n) is 2.07. The predicted octanol–water partition coefficient (Wildman–Crippen LogP) is 1.32. The Labute approximate surface area is 86.5 Å². The molecule has 0 spiro atoms. The zero-order valence-corrected chi connectivity index (χ0v) is 8.47. The van der Waals surface area contributed by atoms with Crippen LogP contribution in [0.1, 0.15) is 18.4 Å². The molecule has 0 saturated heterocycles. The smallest absolute Gasteiger partial charge is 0.241 e. The maximum Gasteiger partial charge on any atom is 0.241 e. The van der Waals surface area contributed by atoms with Crippen LogP contribution in [0.2, 0.25) is 0 Å². The Bertz CT molecular complexity index is 368. The highest BCUT2D eigenvalue weighted by Crippen LogP contribution is 2.19. The van der Waals surface area contributed by atoms with E-state index in [1.165, 1.54) is 13.1 Å². The van der Waals surface area contributed by atoms with Gasteiger partial charge in [-0.1, -0.05) is 6.07 Å². The van der Waals surface area contributed by atoms with Crippen LogP contribution in [0.25, 0.3) is 0 Å². The summed E-state index contributed by atoms with van der Waals surface area (Å²) in [5.41, 5.74) is 4.96. The van der Waals surface area contributed by atoms with Gasteiger partial charge in [-0.05, 0) is 13.0 Å². The molecular weight excluding hydrogens is 202 g/mol. The Balaban J connectivity index is 2.91. The summed E-state index contributed by atoms with van der Waals surface area (Å²) in [5, 5.41) is 0. The fourth-order valence-corrected chi connectivity index (χ4v) is 1.23. The molecule has 1 atom stereocenters. The highest BCUT2D eigenvalue weighted by Gasteiger charge is 2.18. The van der Waals surface area contributed by atoms with E-state index in [0.29, 0.717) is 0 Å². The minimum Gasteiger partial charge on any atom is -0.291 e. The number of carbonyl (C=O) groups excluding carboxylic acids is 1. The minimum absolute atomic E-state index is 0.171. The molecule has 2 N–H and O–H groups in total. The van der Waals surface area contributed by atoms with E-state index in [4.69, 9.17) is 0 Å². The van der Waals surface area contributed by atoms with Crippen molar-refractivity contribution < 1.29 is 13.6 Å². The number of halogens is 2. The van der Waals surface area contributed by atoms with E-state index in [-0.39, 0.29) is 11.5 Å². The molecule has 0 aliphatic heterocycles. The summed E-state index contributed by atoms with van der Waals surface area (Å²) in [4.78, 5) is 11.3. The third kappa shape index (κ3) is 2.73. The van der Waals surface area contributed by atoms with E-state index in [9.17, 15) is 13.6 Å². The molecule has 0 radical (unpaired) electrons. The van der Waals surface area contributed by atoms with Crippen LogP contribution in [-0.4, -0.2) is 13.0 Å². The average molecular weight is 214 g/mol. The van der Waals surface area contributed by atoms with Gasteiger partial charge in [0.25, 0.3) is 0 Å². The largest absolute Gasteiger partial charge is 0.291 e. The fourth-order valence-electron chi connectivity index (χ4n) is 1.23. The third-order valence-corrected chi connectivity index (χ3v) is 2.07. The molecule has 1 amide bonds. The molecule has 5 heteroatoms. The molecule has 3 nitrogen and oxygen atoms in total. The van der Waals surface area contributed by atoms with Gasteiger partial charge >= 0.3 is 0 Å². The number of rotatable bonds is 3. The quantitative estimate of drug-likeness (QED) is 0.745. The summed E-state index contributed by atoms with van der Waals surface area (Å²) in [5.74, 6) is -2.41. The Hall–Kier alpha value is -1.49. The van der Waals surface area contributed by atoms with Gasteiger partial charge in [0.15, 0.2) is 0 Å². The van der Waals surface area contributed by atoms with Crippen molar-refractivity contribution >= 4 is 5.91 Å². The van der Waals surface area contributed by atoms with Crippen LogP contribution in [0.15, 0.2) is 18.2 Å². The molecule has 1 unspecified atom stereocenters. The van der Waals surface area contributed by atoms with Crippen LogP contribution in [0.4, 0.5) is 8.78 Å². The molecule has 0 fully saturated rings. The topological polar surface area (TPSA) is 41.1 Å². The zero-order chi connectivity index (χ0) is 11.4. The van der Waals surface area contributed by atoms with E-state index in [2.05, 4.69) is 10.9 Å². The first-order valence-electron chi connectivity index (χ1n) is 4.47. The molecule has 0 heterocycles. The average Bonchev–Trinajstić information content (AvgIpc) is 2.17. The van der Waals surface area contributed by atoms with Crippen molar-refractivity contribution in [2.24, 2.45) is 0 Å². The molecular formula is C10H12F2N2O. The van der Waals surface area contributed by atoms with Crippen LogP contribution < -0.4 is 10.9 Å². The minimum atomic E-state index is -0.714.